The molecular formula is C52H72N8O10. The first-order valence-electron chi connectivity index (χ1n) is 24.3. The van der Waals surface area contributed by atoms with Crippen molar-refractivity contribution in [2.24, 2.45) is 5.92 Å². The summed E-state index contributed by atoms with van der Waals surface area (Å²) in [6, 6.07) is 22.1. The summed E-state index contributed by atoms with van der Waals surface area (Å²) in [5.41, 5.74) is 1.51. The highest BCUT2D eigenvalue weighted by atomic mass is 16.6. The van der Waals surface area contributed by atoms with E-state index in [-0.39, 0.29) is 63.1 Å². The number of carbonyl (C=O) groups excluding carboxylic acids is 7. The minimum Gasteiger partial charge on any atom is -0.445 e. The van der Waals surface area contributed by atoms with Crippen molar-refractivity contribution in [3.8, 4) is 0 Å². The predicted molar refractivity (Wildman–Crippen MR) is 263 cm³/mol. The Balaban J connectivity index is 1.33. The number of rotatable bonds is 21. The number of carbonyl (C=O) groups is 7. The molecule has 3 aromatic carbocycles. The van der Waals surface area contributed by atoms with E-state index in [1.165, 1.54) is 7.05 Å². The molecule has 18 heteroatoms. The van der Waals surface area contributed by atoms with Gasteiger partial charge in [-0.15, -0.1) is 0 Å². The monoisotopic (exact) mass is 969 g/mol. The summed E-state index contributed by atoms with van der Waals surface area (Å²) in [7, 11) is 1.53. The van der Waals surface area contributed by atoms with Gasteiger partial charge in [0.2, 0.25) is 23.6 Å². The van der Waals surface area contributed by atoms with Gasteiger partial charge in [-0.2, -0.15) is 0 Å². The first-order chi connectivity index (χ1) is 33.5. The highest BCUT2D eigenvalue weighted by Crippen LogP contribution is 2.20. The molecule has 70 heavy (non-hydrogen) atoms. The van der Waals surface area contributed by atoms with E-state index >= 15 is 0 Å². The average Bonchev–Trinajstić information content (AvgIpc) is 3.81. The van der Waals surface area contributed by atoms with Crippen LogP contribution in [0.25, 0.3) is 0 Å². The first kappa shape index (κ1) is 54.3. The van der Waals surface area contributed by atoms with Crippen molar-refractivity contribution in [1.29, 1.82) is 0 Å². The number of hydrogen-bond donors (Lipinski definition) is 6. The Labute approximate surface area is 411 Å². The number of ether oxygens (including phenoxy) is 3. The molecule has 2 saturated heterocycles. The molecule has 6 N–H and O–H groups in total. The van der Waals surface area contributed by atoms with Crippen molar-refractivity contribution in [1.82, 2.24) is 41.7 Å². The van der Waals surface area contributed by atoms with Gasteiger partial charge in [-0.3, -0.25) is 19.2 Å². The van der Waals surface area contributed by atoms with Gasteiger partial charge in [0.05, 0.1) is 19.3 Å². The van der Waals surface area contributed by atoms with Crippen LogP contribution in [0.4, 0.5) is 14.4 Å². The molecule has 2 aliphatic rings. The normalized spacial score (nSPS) is 16.8. The number of urea groups is 1. The van der Waals surface area contributed by atoms with Gasteiger partial charge in [-0.05, 0) is 75.5 Å². The highest BCUT2D eigenvalue weighted by Gasteiger charge is 2.36. The number of amides is 8. The van der Waals surface area contributed by atoms with Crippen LogP contribution in [0.1, 0.15) is 83.4 Å². The third-order valence-electron chi connectivity index (χ3n) is 11.9. The molecule has 3 aromatic rings. The number of hydrogen-bond acceptors (Lipinski definition) is 10. The number of benzene rings is 3. The maximum absolute atomic E-state index is 14.5. The molecular weight excluding hydrogens is 897 g/mol. The van der Waals surface area contributed by atoms with E-state index in [2.05, 4.69) is 31.9 Å². The van der Waals surface area contributed by atoms with Crippen molar-refractivity contribution >= 4 is 41.8 Å². The molecule has 0 saturated carbocycles. The van der Waals surface area contributed by atoms with Gasteiger partial charge < -0.3 is 55.9 Å². The summed E-state index contributed by atoms with van der Waals surface area (Å²) in [4.78, 5) is 99.0. The smallest absolute Gasteiger partial charge is 0.410 e. The van der Waals surface area contributed by atoms with Crippen LogP contribution in [0.2, 0.25) is 0 Å². The molecule has 0 aliphatic carbocycles. The fourth-order valence-corrected chi connectivity index (χ4v) is 8.36. The Kier molecular flexibility index (Phi) is 20.8. The van der Waals surface area contributed by atoms with Gasteiger partial charge in [0.1, 0.15) is 36.4 Å². The van der Waals surface area contributed by atoms with Crippen LogP contribution in [0.15, 0.2) is 91.0 Å². The Morgan fingerprint density at radius 1 is 0.657 bits per heavy atom. The van der Waals surface area contributed by atoms with Crippen molar-refractivity contribution in [3.63, 3.8) is 0 Å². The lowest BCUT2D eigenvalue weighted by molar-refractivity contribution is -0.140. The maximum Gasteiger partial charge on any atom is 0.410 e. The van der Waals surface area contributed by atoms with Gasteiger partial charge in [0, 0.05) is 45.6 Å². The van der Waals surface area contributed by atoms with E-state index in [9.17, 15) is 33.6 Å². The molecule has 2 heterocycles. The van der Waals surface area contributed by atoms with Crippen LogP contribution in [0, 0.1) is 5.92 Å². The number of likely N-dealkylation sites (tertiary alicyclic amines) is 2. The first-order valence-corrected chi connectivity index (χ1v) is 24.3. The molecule has 0 aromatic heterocycles. The number of piperidine rings is 1. The molecule has 0 unspecified atom stereocenters. The third kappa shape index (κ3) is 18.0. The lowest BCUT2D eigenvalue weighted by Gasteiger charge is -2.35. The Bertz CT molecular complexity index is 2170. The molecule has 8 amide bonds. The van der Waals surface area contributed by atoms with Crippen molar-refractivity contribution in [2.45, 2.75) is 128 Å². The minimum atomic E-state index is -1.20. The van der Waals surface area contributed by atoms with E-state index in [1.54, 1.807) is 30.6 Å². The lowest BCUT2D eigenvalue weighted by Crippen LogP contribution is -2.60. The third-order valence-corrected chi connectivity index (χ3v) is 11.9. The van der Waals surface area contributed by atoms with Gasteiger partial charge in [-0.1, -0.05) is 105 Å². The summed E-state index contributed by atoms with van der Waals surface area (Å²) < 4.78 is 17.3. The maximum atomic E-state index is 14.5. The molecule has 2 fully saturated rings. The zero-order valence-electron chi connectivity index (χ0n) is 41.4. The van der Waals surface area contributed by atoms with Crippen LogP contribution in [-0.4, -0.2) is 133 Å². The Morgan fingerprint density at radius 2 is 1.17 bits per heavy atom. The largest absolute Gasteiger partial charge is 0.445 e. The SMILES string of the molecule is CNC(=O)NC1CCN(C(=O)[C@@H](COC[C@@H]2CCCN2C(=O)OCc2ccccc2)NC(=O)[C@@H](CC(C)C)NC(=O)[C@@H](Cc2ccccc2)NC(=O)[C@@H](Cc2ccccc2)NC(=O)OC(C)(C)C)CC1. The second-order valence-electron chi connectivity index (χ2n) is 19.3. The highest BCUT2D eigenvalue weighted by molar-refractivity contribution is 5.95. The van der Waals surface area contributed by atoms with E-state index in [1.807, 2.05) is 105 Å². The van der Waals surface area contributed by atoms with E-state index < -0.39 is 65.6 Å². The van der Waals surface area contributed by atoms with Crippen LogP contribution in [0.5, 0.6) is 0 Å². The summed E-state index contributed by atoms with van der Waals surface area (Å²) in [6.07, 6.45) is 1.43. The fraction of sp³-hybridized carbons (Fsp3) is 0.519. The van der Waals surface area contributed by atoms with Gasteiger partial charge >= 0.3 is 18.2 Å². The van der Waals surface area contributed by atoms with E-state index in [0.717, 1.165) is 23.1 Å². The summed E-state index contributed by atoms with van der Waals surface area (Å²) in [6.45, 7) is 10.0. The van der Waals surface area contributed by atoms with Gasteiger partial charge in [-0.25, -0.2) is 14.4 Å². The zero-order valence-corrected chi connectivity index (χ0v) is 41.4. The van der Waals surface area contributed by atoms with Crippen LogP contribution in [0.3, 0.4) is 0 Å². The molecule has 0 spiro atoms. The van der Waals surface area contributed by atoms with Crippen LogP contribution < -0.4 is 31.9 Å². The zero-order chi connectivity index (χ0) is 50.6. The van der Waals surface area contributed by atoms with Crippen molar-refractivity contribution in [2.75, 3.05) is 39.9 Å². The van der Waals surface area contributed by atoms with E-state index in [4.69, 9.17) is 14.2 Å². The summed E-state index contributed by atoms with van der Waals surface area (Å²) >= 11 is 0. The minimum absolute atomic E-state index is 0.0522. The summed E-state index contributed by atoms with van der Waals surface area (Å²) in [5, 5.41) is 16.7. The van der Waals surface area contributed by atoms with Gasteiger partial charge in [0.15, 0.2) is 0 Å². The molecule has 0 radical (unpaired) electrons. The molecule has 18 nitrogen and oxygen atoms in total. The molecule has 5 atom stereocenters. The standard InChI is InChI=1S/C52H72N8O10/c1-35(2)29-41(55-46(62)42(30-36-17-10-7-11-18-36)56-47(63)43(31-37-19-12-8-13-20-37)58-50(66)70-52(3,4)5)45(61)57-44(48(64)59-27-24-39(25-28-59)54-49(65)53-6)34-68-33-40-23-16-26-60(40)51(67)69-32-38-21-14-9-15-22-38/h7-15,17-22,35,39-44H,16,23-34H2,1-6H3,(H,55,62)(H,56,63)(H,57,61)(H,58,66)(H2,53,54,65)/t40-,41+,42+,43+,44+/m0/s1. The number of nitrogens with one attached hydrogen (secondary N) is 6. The quantitative estimate of drug-likeness (QED) is 0.0870. The molecule has 5 rings (SSSR count). The molecule has 0 bridgehead atoms. The second kappa shape index (κ2) is 26.9. The van der Waals surface area contributed by atoms with Gasteiger partial charge in [0.25, 0.3) is 0 Å². The fourth-order valence-electron chi connectivity index (χ4n) is 8.36. The average molecular weight is 969 g/mol. The summed E-state index contributed by atoms with van der Waals surface area (Å²) in [5.74, 6) is -2.43. The Hall–Kier alpha value is -6.69. The second-order valence-corrected chi connectivity index (χ2v) is 19.3. The van der Waals surface area contributed by atoms with Crippen molar-refractivity contribution < 1.29 is 47.8 Å². The number of nitrogens with zero attached hydrogens (tertiary/aromatic N) is 2. The Morgan fingerprint density at radius 3 is 1.71 bits per heavy atom. The van der Waals surface area contributed by atoms with E-state index in [0.29, 0.717) is 38.9 Å². The molecule has 2 aliphatic heterocycles. The lowest BCUT2D eigenvalue weighted by atomic mass is 10.00. The van der Waals surface area contributed by atoms with Crippen LogP contribution in [-0.2, 0) is 52.8 Å². The predicted octanol–water partition coefficient (Wildman–Crippen LogP) is 4.60. The topological polar surface area (TPSA) is 226 Å². The van der Waals surface area contributed by atoms with Crippen LogP contribution >= 0.6 is 0 Å². The number of alkyl carbamates (subject to hydrolysis) is 1. The van der Waals surface area contributed by atoms with Crippen molar-refractivity contribution in [3.05, 3.63) is 108 Å². The molecule has 380 valence electrons.